The molecule has 0 saturated heterocycles. The summed E-state index contributed by atoms with van der Waals surface area (Å²) in [5.74, 6) is -0.953. The molecule has 1 aromatic heterocycles. The summed E-state index contributed by atoms with van der Waals surface area (Å²) in [6.45, 7) is 6.84. The van der Waals surface area contributed by atoms with Crippen LogP contribution in [0.5, 0.6) is 0 Å². The molecule has 202 valence electrons. The highest BCUT2D eigenvalue weighted by atomic mass is 35.5. The van der Waals surface area contributed by atoms with Gasteiger partial charge in [-0.1, -0.05) is 35.4 Å². The number of aryl methyl sites for hydroxylation is 2. The van der Waals surface area contributed by atoms with Gasteiger partial charge in [0, 0.05) is 27.7 Å². The molecule has 0 atom stereocenters. The molecule has 0 radical (unpaired) electrons. The van der Waals surface area contributed by atoms with Crippen molar-refractivity contribution in [2.75, 3.05) is 10.8 Å². The SMILES string of the molecule is Cc1ccc(S(=O)(=O)N(CC(=O)NN=Cc2cc(C)n(-c3ccc(F)cc3)c2C)c2cccc(Cl)c2C)cc1. The van der Waals surface area contributed by atoms with Crippen molar-refractivity contribution in [1.29, 1.82) is 0 Å². The first-order valence-electron chi connectivity index (χ1n) is 12.1. The van der Waals surface area contributed by atoms with Gasteiger partial charge < -0.3 is 4.57 Å². The number of amides is 1. The molecule has 4 rings (SSSR count). The Hall–Kier alpha value is -3.95. The molecule has 39 heavy (non-hydrogen) atoms. The van der Waals surface area contributed by atoms with Crippen molar-refractivity contribution in [3.05, 3.63) is 112 Å². The van der Waals surface area contributed by atoms with Crippen LogP contribution in [0.1, 0.15) is 28.1 Å². The topological polar surface area (TPSA) is 83.8 Å². The number of carbonyl (C=O) groups is 1. The molecule has 0 fully saturated rings. The van der Waals surface area contributed by atoms with E-state index < -0.39 is 22.5 Å². The number of hydrogen-bond acceptors (Lipinski definition) is 4. The van der Waals surface area contributed by atoms with Crippen LogP contribution in [0.3, 0.4) is 0 Å². The van der Waals surface area contributed by atoms with Gasteiger partial charge in [-0.3, -0.25) is 9.10 Å². The van der Waals surface area contributed by atoms with Crippen molar-refractivity contribution in [3.8, 4) is 5.69 Å². The lowest BCUT2D eigenvalue weighted by atomic mass is 10.2. The van der Waals surface area contributed by atoms with Crippen molar-refractivity contribution >= 4 is 39.4 Å². The molecule has 3 aromatic carbocycles. The Labute approximate surface area is 232 Å². The molecule has 7 nitrogen and oxygen atoms in total. The predicted molar refractivity (Wildman–Crippen MR) is 153 cm³/mol. The number of carbonyl (C=O) groups excluding carboxylic acids is 1. The van der Waals surface area contributed by atoms with E-state index in [4.69, 9.17) is 11.6 Å². The molecule has 0 unspecified atom stereocenters. The minimum Gasteiger partial charge on any atom is -0.318 e. The van der Waals surface area contributed by atoms with Crippen LogP contribution in [0.15, 0.2) is 82.8 Å². The van der Waals surface area contributed by atoms with Crippen LogP contribution >= 0.6 is 11.6 Å². The number of rotatable bonds is 8. The number of nitrogens with one attached hydrogen (secondary N) is 1. The summed E-state index contributed by atoms with van der Waals surface area (Å²) in [6, 6.07) is 19.3. The molecular formula is C29H28ClFN4O3S. The van der Waals surface area contributed by atoms with Crippen LogP contribution in [0, 0.1) is 33.5 Å². The van der Waals surface area contributed by atoms with Crippen LogP contribution < -0.4 is 9.73 Å². The van der Waals surface area contributed by atoms with Gasteiger partial charge in [0.2, 0.25) is 0 Å². The lowest BCUT2D eigenvalue weighted by Gasteiger charge is -2.25. The summed E-state index contributed by atoms with van der Waals surface area (Å²) in [4.78, 5) is 13.0. The smallest absolute Gasteiger partial charge is 0.264 e. The standard InChI is InChI=1S/C29H28ClFN4O3S/c1-19-8-14-26(15-9-19)39(37,38)34(28-7-5-6-27(30)21(28)3)18-29(36)33-32-17-23-16-20(2)35(22(23)4)25-12-10-24(31)11-13-25/h5-17H,18H2,1-4H3,(H,33,36). The second kappa shape index (κ2) is 11.4. The molecule has 1 N–H and O–H groups in total. The van der Waals surface area contributed by atoms with Gasteiger partial charge in [0.05, 0.1) is 16.8 Å². The largest absolute Gasteiger partial charge is 0.318 e. The predicted octanol–water partition coefficient (Wildman–Crippen LogP) is 5.85. The second-order valence-electron chi connectivity index (χ2n) is 9.14. The molecule has 4 aromatic rings. The van der Waals surface area contributed by atoms with E-state index in [1.807, 2.05) is 31.4 Å². The number of anilines is 1. The van der Waals surface area contributed by atoms with E-state index in [1.54, 1.807) is 49.4 Å². The van der Waals surface area contributed by atoms with Crippen molar-refractivity contribution in [2.24, 2.45) is 5.10 Å². The van der Waals surface area contributed by atoms with Gasteiger partial charge in [-0.25, -0.2) is 18.2 Å². The summed E-state index contributed by atoms with van der Waals surface area (Å²) in [6.07, 6.45) is 1.49. The van der Waals surface area contributed by atoms with E-state index in [-0.39, 0.29) is 10.7 Å². The molecule has 10 heteroatoms. The van der Waals surface area contributed by atoms with Crippen LogP contribution in [0.25, 0.3) is 5.69 Å². The highest BCUT2D eigenvalue weighted by molar-refractivity contribution is 7.92. The average molecular weight is 567 g/mol. The van der Waals surface area contributed by atoms with Crippen molar-refractivity contribution in [3.63, 3.8) is 0 Å². The third-order valence-electron chi connectivity index (χ3n) is 6.35. The fraction of sp³-hybridized carbons (Fsp3) is 0.172. The number of hydrogen-bond donors (Lipinski definition) is 1. The summed E-state index contributed by atoms with van der Waals surface area (Å²) in [5.41, 5.74) is 7.45. The van der Waals surface area contributed by atoms with E-state index >= 15 is 0 Å². The van der Waals surface area contributed by atoms with Crippen LogP contribution in [0.4, 0.5) is 10.1 Å². The maximum Gasteiger partial charge on any atom is 0.264 e. The lowest BCUT2D eigenvalue weighted by Crippen LogP contribution is -2.40. The number of halogens is 2. The zero-order valence-electron chi connectivity index (χ0n) is 21.9. The van der Waals surface area contributed by atoms with E-state index in [9.17, 15) is 17.6 Å². The zero-order valence-corrected chi connectivity index (χ0v) is 23.5. The first-order valence-corrected chi connectivity index (χ1v) is 13.9. The minimum absolute atomic E-state index is 0.0528. The van der Waals surface area contributed by atoms with Gasteiger partial charge in [-0.15, -0.1) is 0 Å². The van der Waals surface area contributed by atoms with Crippen molar-refractivity contribution in [2.45, 2.75) is 32.6 Å². The van der Waals surface area contributed by atoms with Crippen LogP contribution in [-0.2, 0) is 14.8 Å². The van der Waals surface area contributed by atoms with Crippen molar-refractivity contribution < 1.29 is 17.6 Å². The highest BCUT2D eigenvalue weighted by Gasteiger charge is 2.28. The Kier molecular flexibility index (Phi) is 8.22. The molecule has 0 aliphatic rings. The van der Waals surface area contributed by atoms with Crippen LogP contribution in [0.2, 0.25) is 5.02 Å². The molecule has 0 aliphatic carbocycles. The van der Waals surface area contributed by atoms with E-state index in [0.717, 1.165) is 32.5 Å². The fourth-order valence-corrected chi connectivity index (χ4v) is 5.90. The van der Waals surface area contributed by atoms with Gasteiger partial charge in [0.25, 0.3) is 15.9 Å². The molecule has 1 amide bonds. The maximum absolute atomic E-state index is 13.6. The Bertz CT molecular complexity index is 1650. The normalized spacial score (nSPS) is 11.6. The average Bonchev–Trinajstić information content (AvgIpc) is 3.18. The Morgan fingerprint density at radius 2 is 1.69 bits per heavy atom. The summed E-state index contributed by atoms with van der Waals surface area (Å²) in [5, 5.41) is 4.45. The third kappa shape index (κ3) is 6.05. The van der Waals surface area contributed by atoms with Gasteiger partial charge in [0.1, 0.15) is 12.4 Å². The molecule has 0 saturated carbocycles. The van der Waals surface area contributed by atoms with E-state index in [0.29, 0.717) is 16.3 Å². The fourth-order valence-electron chi connectivity index (χ4n) is 4.25. The summed E-state index contributed by atoms with van der Waals surface area (Å²) in [7, 11) is -4.09. The zero-order chi connectivity index (χ0) is 28.3. The number of nitrogens with zero attached hydrogens (tertiary/aromatic N) is 3. The first kappa shape index (κ1) is 28.1. The van der Waals surface area contributed by atoms with Crippen molar-refractivity contribution in [1.82, 2.24) is 9.99 Å². The molecule has 0 aliphatic heterocycles. The van der Waals surface area contributed by atoms with E-state index in [2.05, 4.69) is 10.5 Å². The number of benzene rings is 3. The minimum atomic E-state index is -4.09. The maximum atomic E-state index is 13.6. The van der Waals surface area contributed by atoms with Gasteiger partial charge in [-0.05, 0) is 87.9 Å². The first-order chi connectivity index (χ1) is 18.5. The number of hydrazone groups is 1. The highest BCUT2D eigenvalue weighted by Crippen LogP contribution is 2.31. The lowest BCUT2D eigenvalue weighted by molar-refractivity contribution is -0.119. The van der Waals surface area contributed by atoms with Gasteiger partial charge in [0.15, 0.2) is 0 Å². The Morgan fingerprint density at radius 3 is 2.36 bits per heavy atom. The van der Waals surface area contributed by atoms with Gasteiger partial charge >= 0.3 is 0 Å². The monoisotopic (exact) mass is 566 g/mol. The molecule has 0 bridgehead atoms. The number of sulfonamides is 1. The Morgan fingerprint density at radius 1 is 1.03 bits per heavy atom. The van der Waals surface area contributed by atoms with E-state index in [1.165, 1.54) is 30.5 Å². The summed E-state index contributed by atoms with van der Waals surface area (Å²) >= 11 is 6.28. The van der Waals surface area contributed by atoms with Gasteiger partial charge in [-0.2, -0.15) is 5.10 Å². The quantitative estimate of drug-likeness (QED) is 0.214. The number of aromatic nitrogens is 1. The molecule has 0 spiro atoms. The molecular weight excluding hydrogens is 539 g/mol. The molecule has 1 heterocycles. The second-order valence-corrected chi connectivity index (χ2v) is 11.4. The van der Waals surface area contributed by atoms with Crippen LogP contribution in [-0.4, -0.2) is 31.7 Å². The summed E-state index contributed by atoms with van der Waals surface area (Å²) < 4.78 is 43.6. The Balaban J connectivity index is 1.58. The third-order valence-corrected chi connectivity index (χ3v) is 8.54.